The predicted molar refractivity (Wildman–Crippen MR) is 100 cm³/mol. The summed E-state index contributed by atoms with van der Waals surface area (Å²) in [6.45, 7) is 1.68. The van der Waals surface area contributed by atoms with Crippen molar-refractivity contribution in [3.05, 3.63) is 72.3 Å². The molecule has 1 atom stereocenters. The van der Waals surface area contributed by atoms with Crippen molar-refractivity contribution in [3.8, 4) is 5.75 Å². The van der Waals surface area contributed by atoms with E-state index in [-0.39, 0.29) is 5.91 Å². The number of benzene rings is 3. The molecule has 0 aliphatic rings. The summed E-state index contributed by atoms with van der Waals surface area (Å²) < 4.78 is 10.5. The molecule has 0 spiro atoms. The Morgan fingerprint density at radius 2 is 1.69 bits per heavy atom. The van der Waals surface area contributed by atoms with Crippen molar-refractivity contribution < 1.29 is 19.1 Å². The van der Waals surface area contributed by atoms with Crippen LogP contribution in [0.4, 0.5) is 5.69 Å². The number of hydrogen-bond donors (Lipinski definition) is 1. The van der Waals surface area contributed by atoms with Crippen molar-refractivity contribution in [2.75, 3.05) is 12.4 Å². The molecule has 0 unspecified atom stereocenters. The van der Waals surface area contributed by atoms with Crippen molar-refractivity contribution in [3.63, 3.8) is 0 Å². The van der Waals surface area contributed by atoms with Crippen molar-refractivity contribution in [2.45, 2.75) is 13.0 Å². The first-order valence-electron chi connectivity index (χ1n) is 8.22. The number of methoxy groups -OCH3 is 1. The van der Waals surface area contributed by atoms with Gasteiger partial charge < -0.3 is 14.8 Å². The van der Waals surface area contributed by atoms with Gasteiger partial charge in [-0.1, -0.05) is 42.5 Å². The molecule has 0 radical (unpaired) electrons. The zero-order chi connectivity index (χ0) is 18.5. The van der Waals surface area contributed by atoms with E-state index in [1.165, 1.54) is 7.11 Å². The quantitative estimate of drug-likeness (QED) is 0.706. The average Bonchev–Trinajstić information content (AvgIpc) is 2.67. The predicted octanol–water partition coefficient (Wildman–Crippen LogP) is 4.03. The highest BCUT2D eigenvalue weighted by Gasteiger charge is 2.17. The van der Waals surface area contributed by atoms with Crippen LogP contribution in [0, 0.1) is 0 Å². The Bertz CT molecular complexity index is 946. The molecular weight excluding hydrogens is 330 g/mol. The van der Waals surface area contributed by atoms with Gasteiger partial charge in [0.15, 0.2) is 6.10 Å². The number of carbonyl (C=O) groups excluding carboxylic acids is 2. The minimum Gasteiger partial charge on any atom is -0.480 e. The number of nitrogens with one attached hydrogen (secondary N) is 1. The Morgan fingerprint density at radius 1 is 0.962 bits per heavy atom. The molecule has 5 nitrogen and oxygen atoms in total. The van der Waals surface area contributed by atoms with Crippen LogP contribution in [-0.4, -0.2) is 25.1 Å². The van der Waals surface area contributed by atoms with Crippen LogP contribution in [0.2, 0.25) is 0 Å². The number of amides is 1. The van der Waals surface area contributed by atoms with Crippen molar-refractivity contribution in [2.24, 2.45) is 0 Å². The fourth-order valence-corrected chi connectivity index (χ4v) is 2.63. The first-order chi connectivity index (χ1) is 12.6. The van der Waals surface area contributed by atoms with E-state index in [1.54, 1.807) is 31.2 Å². The van der Waals surface area contributed by atoms with E-state index in [9.17, 15) is 9.59 Å². The van der Waals surface area contributed by atoms with E-state index >= 15 is 0 Å². The van der Waals surface area contributed by atoms with Gasteiger partial charge in [-0.3, -0.25) is 4.79 Å². The molecule has 0 aliphatic heterocycles. The molecule has 0 heterocycles. The highest BCUT2D eigenvalue weighted by molar-refractivity contribution is 5.97. The van der Waals surface area contributed by atoms with E-state index in [4.69, 9.17) is 4.74 Å². The van der Waals surface area contributed by atoms with E-state index in [2.05, 4.69) is 10.1 Å². The third-order valence-corrected chi connectivity index (χ3v) is 3.97. The topological polar surface area (TPSA) is 64.6 Å². The summed E-state index contributed by atoms with van der Waals surface area (Å²) in [4.78, 5) is 24.0. The molecule has 3 aromatic rings. The zero-order valence-electron chi connectivity index (χ0n) is 14.6. The summed E-state index contributed by atoms with van der Waals surface area (Å²) in [5.41, 5.74) is 0.874. The zero-order valence-corrected chi connectivity index (χ0v) is 14.6. The monoisotopic (exact) mass is 349 g/mol. The molecule has 1 N–H and O–H groups in total. The molecule has 132 valence electrons. The van der Waals surface area contributed by atoms with Crippen molar-refractivity contribution >= 4 is 28.3 Å². The van der Waals surface area contributed by atoms with Crippen LogP contribution < -0.4 is 10.1 Å². The molecule has 0 fully saturated rings. The number of fused-ring (bicyclic) bond motifs is 1. The standard InChI is InChI=1S/C21H19NO4/c1-14(26-19-12-6-8-15-7-3-4-11-18(15)19)20(23)22-17-10-5-9-16(13-17)21(24)25-2/h3-14H,1-2H3,(H,22,23)/t14-/m1/s1. The Morgan fingerprint density at radius 3 is 2.50 bits per heavy atom. The maximum absolute atomic E-state index is 12.5. The van der Waals surface area contributed by atoms with Crippen LogP contribution in [0.5, 0.6) is 5.75 Å². The van der Waals surface area contributed by atoms with Crippen molar-refractivity contribution in [1.82, 2.24) is 0 Å². The van der Waals surface area contributed by atoms with E-state index < -0.39 is 12.1 Å². The molecule has 3 aromatic carbocycles. The number of ether oxygens (including phenoxy) is 2. The summed E-state index contributed by atoms with van der Waals surface area (Å²) in [6.07, 6.45) is -0.706. The largest absolute Gasteiger partial charge is 0.480 e. The Hall–Kier alpha value is -3.34. The first kappa shape index (κ1) is 17.5. The number of rotatable bonds is 5. The number of carbonyl (C=O) groups is 2. The molecule has 26 heavy (non-hydrogen) atoms. The maximum Gasteiger partial charge on any atom is 0.337 e. The van der Waals surface area contributed by atoms with Gasteiger partial charge in [0, 0.05) is 11.1 Å². The molecular formula is C21H19NO4. The summed E-state index contributed by atoms with van der Waals surface area (Å²) in [5, 5.41) is 4.75. The molecule has 5 heteroatoms. The van der Waals surface area contributed by atoms with Crippen LogP contribution in [0.1, 0.15) is 17.3 Å². The van der Waals surface area contributed by atoms with Crippen LogP contribution in [-0.2, 0) is 9.53 Å². The molecule has 3 rings (SSSR count). The third kappa shape index (κ3) is 3.83. The summed E-state index contributed by atoms with van der Waals surface area (Å²) >= 11 is 0. The van der Waals surface area contributed by atoms with Gasteiger partial charge in [0.25, 0.3) is 5.91 Å². The fraction of sp³-hybridized carbons (Fsp3) is 0.143. The lowest BCUT2D eigenvalue weighted by Gasteiger charge is -2.16. The second kappa shape index (κ2) is 7.70. The normalized spacial score (nSPS) is 11.6. The molecule has 1 amide bonds. The smallest absolute Gasteiger partial charge is 0.337 e. The highest BCUT2D eigenvalue weighted by atomic mass is 16.5. The molecule has 0 aromatic heterocycles. The van der Waals surface area contributed by atoms with E-state index in [0.29, 0.717) is 17.0 Å². The third-order valence-electron chi connectivity index (χ3n) is 3.97. The Kier molecular flexibility index (Phi) is 5.17. The Labute approximate surface area is 151 Å². The van der Waals surface area contributed by atoms with Crippen LogP contribution in [0.15, 0.2) is 66.7 Å². The lowest BCUT2D eigenvalue weighted by Crippen LogP contribution is -2.30. The van der Waals surface area contributed by atoms with E-state index in [1.807, 2.05) is 42.5 Å². The van der Waals surface area contributed by atoms with Gasteiger partial charge >= 0.3 is 5.97 Å². The highest BCUT2D eigenvalue weighted by Crippen LogP contribution is 2.26. The SMILES string of the molecule is COC(=O)c1cccc(NC(=O)[C@@H](C)Oc2cccc3ccccc23)c1. The summed E-state index contributed by atoms with van der Waals surface area (Å²) in [7, 11) is 1.31. The fourth-order valence-electron chi connectivity index (χ4n) is 2.63. The molecule has 0 saturated heterocycles. The van der Waals surface area contributed by atoms with Gasteiger partial charge in [-0.2, -0.15) is 0 Å². The second-order valence-electron chi connectivity index (χ2n) is 5.80. The van der Waals surface area contributed by atoms with Gasteiger partial charge in [0.2, 0.25) is 0 Å². The van der Waals surface area contributed by atoms with Crippen LogP contribution in [0.3, 0.4) is 0 Å². The van der Waals surface area contributed by atoms with Gasteiger partial charge in [0.05, 0.1) is 12.7 Å². The average molecular weight is 349 g/mol. The molecule has 0 aliphatic carbocycles. The van der Waals surface area contributed by atoms with Gasteiger partial charge in [0.1, 0.15) is 5.75 Å². The summed E-state index contributed by atoms with van der Waals surface area (Å²) in [6, 6.07) is 20.1. The summed E-state index contributed by atoms with van der Waals surface area (Å²) in [5.74, 6) is -0.116. The van der Waals surface area contributed by atoms with Crippen molar-refractivity contribution in [1.29, 1.82) is 0 Å². The van der Waals surface area contributed by atoms with Gasteiger partial charge in [-0.05, 0) is 36.6 Å². The Balaban J connectivity index is 1.73. The molecule has 0 saturated carbocycles. The minimum absolute atomic E-state index is 0.306. The maximum atomic E-state index is 12.5. The molecule has 0 bridgehead atoms. The first-order valence-corrected chi connectivity index (χ1v) is 8.22. The minimum atomic E-state index is -0.706. The number of anilines is 1. The number of esters is 1. The van der Waals surface area contributed by atoms with Gasteiger partial charge in [-0.25, -0.2) is 4.79 Å². The second-order valence-corrected chi connectivity index (χ2v) is 5.80. The van der Waals surface area contributed by atoms with Gasteiger partial charge in [-0.15, -0.1) is 0 Å². The van der Waals surface area contributed by atoms with E-state index in [0.717, 1.165) is 10.8 Å². The lowest BCUT2D eigenvalue weighted by molar-refractivity contribution is -0.122. The van der Waals surface area contributed by atoms with Crippen LogP contribution >= 0.6 is 0 Å². The lowest BCUT2D eigenvalue weighted by atomic mass is 10.1. The van der Waals surface area contributed by atoms with Crippen LogP contribution in [0.25, 0.3) is 10.8 Å². The number of hydrogen-bond acceptors (Lipinski definition) is 4.